The second-order valence-electron chi connectivity index (χ2n) is 29.0. The molecule has 592 valence electrons. The van der Waals surface area contributed by atoms with Crippen molar-refractivity contribution in [1.82, 2.24) is 117 Å². The Hall–Kier alpha value is -13.3. The van der Waals surface area contributed by atoms with Gasteiger partial charge in [0.2, 0.25) is 26.9 Å². The molecular formula is C82H44B4N24O8Pt4. The van der Waals surface area contributed by atoms with E-state index in [0.717, 1.165) is 0 Å². The van der Waals surface area contributed by atoms with Crippen LogP contribution in [0.15, 0.2) is 161 Å². The molecule has 0 saturated carbocycles. The first-order valence-electron chi connectivity index (χ1n) is 37.1. The molecule has 0 bridgehead atoms. The maximum absolute atomic E-state index is 6.86. The zero-order chi connectivity index (χ0) is 78.2. The van der Waals surface area contributed by atoms with Crippen LogP contribution in [0.3, 0.4) is 0 Å². The fourth-order valence-electron chi connectivity index (χ4n) is 16.8. The van der Waals surface area contributed by atoms with Crippen LogP contribution >= 0.6 is 0 Å². The van der Waals surface area contributed by atoms with Crippen molar-refractivity contribution in [3.63, 3.8) is 0 Å². The minimum Gasteiger partial charge on any atom is -0.496 e. The van der Waals surface area contributed by atoms with Crippen molar-refractivity contribution in [3.8, 4) is 173 Å². The van der Waals surface area contributed by atoms with E-state index in [9.17, 15) is 0 Å². The summed E-state index contributed by atoms with van der Waals surface area (Å²) in [4.78, 5) is 66.4. The number of hydrogen-bond acceptors (Lipinski definition) is 24. The number of nitrogens with zero attached hydrogens (tertiary/aromatic N) is 24. The largest absolute Gasteiger partial charge is 2.00 e. The first kappa shape index (κ1) is 76.2. The van der Waals surface area contributed by atoms with E-state index >= 15 is 0 Å². The van der Waals surface area contributed by atoms with Crippen molar-refractivity contribution in [2.45, 2.75) is 0 Å². The molecule has 0 N–H and O–H groups in total. The van der Waals surface area contributed by atoms with Crippen LogP contribution in [0.5, 0.6) is 93.0 Å². The summed E-state index contributed by atoms with van der Waals surface area (Å²) in [5, 5.41) is 8.87. The summed E-state index contributed by atoms with van der Waals surface area (Å²) in [6, 6.07) is 32.4. The van der Waals surface area contributed by atoms with E-state index in [-0.39, 0.29) is 84.3 Å². The van der Waals surface area contributed by atoms with Gasteiger partial charge in [-0.25, -0.2) is 0 Å². The molecule has 0 saturated heterocycles. The molecule has 0 spiro atoms. The van der Waals surface area contributed by atoms with E-state index in [4.69, 9.17) is 77.8 Å². The van der Waals surface area contributed by atoms with Crippen LogP contribution in [0.1, 0.15) is 0 Å². The fraction of sp³-hybridized carbons (Fsp3) is 0.0732. The molecule has 26 rings (SSSR count). The van der Waals surface area contributed by atoms with Gasteiger partial charge in [-0.15, -0.1) is 47.3 Å². The van der Waals surface area contributed by atoms with Crippen LogP contribution in [0.4, 0.5) is 0 Å². The third kappa shape index (κ3) is 11.3. The number of benzene rings is 2. The summed E-state index contributed by atoms with van der Waals surface area (Å²) in [6.45, 7) is -2.41. The molecule has 122 heavy (non-hydrogen) atoms. The van der Waals surface area contributed by atoms with Crippen molar-refractivity contribution in [3.05, 3.63) is 209 Å². The Kier molecular flexibility index (Phi) is 17.9. The molecule has 0 unspecified atom stereocenters. The molecule has 0 amide bonds. The van der Waals surface area contributed by atoms with Gasteiger partial charge in [0.05, 0.1) is 46.7 Å². The summed E-state index contributed by atoms with van der Waals surface area (Å²) in [5.41, 5.74) is 12.8. The molecule has 8 aliphatic rings. The van der Waals surface area contributed by atoms with Crippen molar-refractivity contribution in [2.75, 3.05) is 0 Å². The molecule has 0 aliphatic carbocycles. The zero-order valence-electron chi connectivity index (χ0n) is 63.6. The number of aromatic nitrogens is 24. The molecule has 32 nitrogen and oxygen atoms in total. The van der Waals surface area contributed by atoms with Gasteiger partial charge in [0.1, 0.15) is 35.3 Å². The summed E-state index contributed by atoms with van der Waals surface area (Å²) >= 11 is 0. The molecule has 8 aliphatic heterocycles. The van der Waals surface area contributed by atoms with Gasteiger partial charge in [-0.05, 0) is 23.5 Å². The van der Waals surface area contributed by atoms with E-state index < -0.39 is 26.9 Å². The molecule has 40 heteroatoms. The Morgan fingerprint density at radius 3 is 0.590 bits per heavy atom. The monoisotopic (exact) mass is 2320 g/mol. The van der Waals surface area contributed by atoms with E-state index in [1.165, 1.54) is 0 Å². The molecule has 0 atom stereocenters. The van der Waals surface area contributed by atoms with Gasteiger partial charge in [0.15, 0.2) is 46.0 Å². The predicted octanol–water partition coefficient (Wildman–Crippen LogP) is 2.61. The average molecular weight is 2320 g/mol. The number of rotatable bonds is 8. The predicted molar refractivity (Wildman–Crippen MR) is 424 cm³/mol. The van der Waals surface area contributed by atoms with Crippen LogP contribution in [-0.2, 0) is 127 Å². The first-order valence-corrected chi connectivity index (χ1v) is 37.1. The Bertz CT molecular complexity index is 6760. The van der Waals surface area contributed by atoms with Crippen molar-refractivity contribution in [1.29, 1.82) is 0 Å². The van der Waals surface area contributed by atoms with Crippen molar-refractivity contribution < 1.29 is 122 Å². The SMILES string of the molecule is Cn1ccnc1-c1[c-]c2c(nc1)Oc1c3c4c(c5c1B2c1[c-]c(-c2nccn2C)cnc1O5)Oc1ncc(-c2nccn2C)[c-]c1B4c1[c-]c(-c2nccn2C)cnc1O3.Cn1ccnc1-c1[c-]c2c(nc1)Oc1c3c4c(c5c1B2c1[c-]c(-n2cccn2)cnc1O5)Oc1ncc(-n2cccn2)[c-]c1B4c1[c-]c(-c2nccn2C)cnc1O3.[Pt+2].[Pt+2].[Pt+2].[Pt+2]. The molecule has 0 fully saturated rings. The second-order valence-corrected chi connectivity index (χ2v) is 29.0. The average Bonchev–Trinajstić information content (AvgIpc) is 0.757. The smallest absolute Gasteiger partial charge is 0.496 e. The summed E-state index contributed by atoms with van der Waals surface area (Å²) in [7, 11) is 11.5. The van der Waals surface area contributed by atoms with E-state index in [0.29, 0.717) is 238 Å². The Morgan fingerprint density at radius 2 is 0.418 bits per heavy atom. The topological polar surface area (TPSA) is 320 Å². The standard InChI is InChI=1S/C42H24B2N12O4.C40H20B2N12O4.4Pt/c1-53-9-5-45-35(53)21-13-25-39(49-17-21)57-31-29-32(58-40-26(43(25)29)14-22(18-50-40)36-46-6-10-54(36)2)34-30-33(31)59-41-27(15-23(19-51-41)37-47-7-11-55(37)3)44(30)28-16-24(20-52-42(28)60-34)38-48-8-12-56(38)4;1-51-11-7-43-35(51)21-13-25-37(45-17-21)55-31-29-33(57-39-27(41(25)29)15-23(19-47-39)53-9-3-5-49-53)34-30-32(31)56-38-26(14-22(18-46-38)36-44-8-12-52(36)2)42(30)28-16-24(20-48-40(28)58-34)54-10-4-6-50-54;;;;/h5-12,17-20H,1-4H3;3-12,17-20H,1-2H3;;;;/q2*-4;4*+2. The third-order valence-electron chi connectivity index (χ3n) is 22.2. The summed E-state index contributed by atoms with van der Waals surface area (Å²) in [5.74, 6) is 9.83. The fourth-order valence-corrected chi connectivity index (χ4v) is 16.8. The van der Waals surface area contributed by atoms with Gasteiger partial charge in [0, 0.05) is 163 Å². The number of fused-ring (bicyclic) bond motifs is 20. The molecular weight excluding hydrogens is 2270 g/mol. The van der Waals surface area contributed by atoms with Gasteiger partial charge < -0.3 is 105 Å². The van der Waals surface area contributed by atoms with E-state index in [2.05, 4.69) is 88.6 Å². The second kappa shape index (κ2) is 28.7. The normalized spacial score (nSPS) is 13.0. The third-order valence-corrected chi connectivity index (χ3v) is 22.2. The molecule has 18 aromatic rings. The molecule has 2 aromatic carbocycles. The minimum absolute atomic E-state index is 0. The van der Waals surface area contributed by atoms with Gasteiger partial charge in [-0.2, -0.15) is 22.3 Å². The minimum atomic E-state index is -0.603. The molecule has 16 aromatic heterocycles. The van der Waals surface area contributed by atoms with Crippen LogP contribution in [0.2, 0.25) is 0 Å². The van der Waals surface area contributed by atoms with Crippen molar-refractivity contribution in [2.24, 2.45) is 42.3 Å². The zero-order valence-corrected chi connectivity index (χ0v) is 72.7. The molecule has 0 radical (unpaired) electrons. The maximum Gasteiger partial charge on any atom is 2.00 e. The number of aryl methyl sites for hydroxylation is 6. The van der Waals surface area contributed by atoms with E-state index in [1.54, 1.807) is 109 Å². The van der Waals surface area contributed by atoms with Crippen LogP contribution in [0, 0.1) is 48.5 Å². The first-order chi connectivity index (χ1) is 57.9. The Labute approximate surface area is 749 Å². The maximum atomic E-state index is 6.86. The van der Waals surface area contributed by atoms with Crippen LogP contribution in [0.25, 0.3) is 79.7 Å². The van der Waals surface area contributed by atoms with Crippen LogP contribution < -0.4 is 103 Å². The Morgan fingerprint density at radius 1 is 0.230 bits per heavy atom. The number of pyridine rings is 8. The molecule has 24 heterocycles. The van der Waals surface area contributed by atoms with Gasteiger partial charge in [-0.1, -0.05) is 116 Å². The van der Waals surface area contributed by atoms with Crippen LogP contribution in [-0.4, -0.2) is 144 Å². The number of hydrogen-bond donors (Lipinski definition) is 0. The summed E-state index contributed by atoms with van der Waals surface area (Å²) < 4.78 is 69.6. The number of imidazole rings is 6. The van der Waals surface area contributed by atoms with E-state index in [1.807, 2.05) is 131 Å². The van der Waals surface area contributed by atoms with Gasteiger partial charge >= 0.3 is 84.3 Å². The van der Waals surface area contributed by atoms with Gasteiger partial charge in [0.25, 0.3) is 0 Å². The van der Waals surface area contributed by atoms with Crippen molar-refractivity contribution >= 4 is 92.4 Å². The van der Waals surface area contributed by atoms with Gasteiger partial charge in [-0.3, -0.25) is 39.3 Å². The Balaban J connectivity index is 0.000000146. The summed E-state index contributed by atoms with van der Waals surface area (Å²) in [6.07, 6.45) is 42.3. The quantitative estimate of drug-likeness (QED) is 0.156. The number of ether oxygens (including phenoxy) is 8.